The molecule has 2 N–H and O–H groups in total. The van der Waals surface area contributed by atoms with Gasteiger partial charge in [0, 0.05) is 34.1 Å². The Kier molecular flexibility index (Phi) is 6.67. The van der Waals surface area contributed by atoms with E-state index in [1.807, 2.05) is 63.2 Å². The van der Waals surface area contributed by atoms with E-state index in [1.165, 1.54) is 0 Å². The van der Waals surface area contributed by atoms with E-state index in [0.717, 1.165) is 32.3 Å². The maximum Gasteiger partial charge on any atom is 0.313 e. The van der Waals surface area contributed by atoms with Crippen molar-refractivity contribution in [3.63, 3.8) is 0 Å². The fourth-order valence-electron chi connectivity index (χ4n) is 2.98. The van der Waals surface area contributed by atoms with E-state index in [0.29, 0.717) is 23.7 Å². The van der Waals surface area contributed by atoms with Crippen LogP contribution in [0.5, 0.6) is 0 Å². The number of thiazole rings is 1. The van der Waals surface area contributed by atoms with Crippen LogP contribution in [-0.2, 0) is 16.0 Å². The van der Waals surface area contributed by atoms with Crippen LogP contribution < -0.4 is 10.6 Å². The quantitative estimate of drug-likeness (QED) is 0.580. The van der Waals surface area contributed by atoms with Crippen LogP contribution >= 0.6 is 22.9 Å². The van der Waals surface area contributed by atoms with Crippen molar-refractivity contribution in [1.29, 1.82) is 0 Å². The van der Waals surface area contributed by atoms with Gasteiger partial charge in [0.05, 0.1) is 5.69 Å². The van der Waals surface area contributed by atoms with Gasteiger partial charge in [-0.2, -0.15) is 0 Å². The molecule has 1 aromatic heterocycles. The molecule has 3 aromatic rings. The first-order valence-corrected chi connectivity index (χ1v) is 10.4. The van der Waals surface area contributed by atoms with Gasteiger partial charge in [0.25, 0.3) is 0 Å². The number of aryl methyl sites for hydroxylation is 3. The number of carbonyl (C=O) groups is 2. The van der Waals surface area contributed by atoms with Crippen LogP contribution in [0.2, 0.25) is 5.02 Å². The lowest BCUT2D eigenvalue weighted by atomic mass is 10.1. The molecule has 0 saturated heterocycles. The van der Waals surface area contributed by atoms with Gasteiger partial charge in [0.2, 0.25) is 0 Å². The van der Waals surface area contributed by atoms with Crippen LogP contribution in [-0.4, -0.2) is 23.3 Å². The molecule has 0 saturated carbocycles. The molecule has 0 spiro atoms. The molecule has 0 aliphatic carbocycles. The topological polar surface area (TPSA) is 71.1 Å². The molecule has 0 aliphatic heterocycles. The molecule has 2 aromatic carbocycles. The second-order valence-corrected chi connectivity index (χ2v) is 8.39. The van der Waals surface area contributed by atoms with Gasteiger partial charge in [-0.15, -0.1) is 11.3 Å². The number of hydrogen-bond donors (Lipinski definition) is 2. The van der Waals surface area contributed by atoms with E-state index in [4.69, 9.17) is 11.6 Å². The van der Waals surface area contributed by atoms with Crippen molar-refractivity contribution in [3.8, 4) is 10.6 Å². The SMILES string of the molecule is Cc1cc(C)cc(NC(=O)C(=O)NCCc2sc(-c3ccc(Cl)cc3)nc2C)c1. The zero-order valence-electron chi connectivity index (χ0n) is 16.5. The molecule has 7 heteroatoms. The molecule has 3 rings (SSSR count). The fraction of sp³-hybridized carbons (Fsp3) is 0.227. The predicted octanol–water partition coefficient (Wildman–Crippen LogP) is 4.69. The van der Waals surface area contributed by atoms with Crippen molar-refractivity contribution in [2.75, 3.05) is 11.9 Å². The number of halogens is 1. The average molecular weight is 428 g/mol. The van der Waals surface area contributed by atoms with Crippen LogP contribution in [0, 0.1) is 20.8 Å². The largest absolute Gasteiger partial charge is 0.347 e. The number of aromatic nitrogens is 1. The normalized spacial score (nSPS) is 10.6. The van der Waals surface area contributed by atoms with E-state index < -0.39 is 11.8 Å². The molecule has 0 radical (unpaired) electrons. The van der Waals surface area contributed by atoms with Gasteiger partial charge in [-0.1, -0.05) is 29.8 Å². The van der Waals surface area contributed by atoms with Gasteiger partial charge < -0.3 is 10.6 Å². The van der Waals surface area contributed by atoms with Crippen molar-refractivity contribution in [2.24, 2.45) is 0 Å². The Morgan fingerprint density at radius 2 is 1.66 bits per heavy atom. The number of rotatable bonds is 5. The molecular weight excluding hydrogens is 406 g/mol. The highest BCUT2D eigenvalue weighted by Gasteiger charge is 2.15. The summed E-state index contributed by atoms with van der Waals surface area (Å²) in [5.41, 5.74) is 4.60. The van der Waals surface area contributed by atoms with Crippen molar-refractivity contribution >= 4 is 40.4 Å². The van der Waals surface area contributed by atoms with Crippen LogP contribution in [0.15, 0.2) is 42.5 Å². The number of anilines is 1. The Morgan fingerprint density at radius 1 is 1.00 bits per heavy atom. The van der Waals surface area contributed by atoms with E-state index in [9.17, 15) is 9.59 Å². The summed E-state index contributed by atoms with van der Waals surface area (Å²) >= 11 is 7.51. The lowest BCUT2D eigenvalue weighted by molar-refractivity contribution is -0.136. The number of carbonyl (C=O) groups excluding carboxylic acids is 2. The molecule has 5 nitrogen and oxygen atoms in total. The molecular formula is C22H22ClN3O2S. The van der Waals surface area contributed by atoms with Crippen molar-refractivity contribution < 1.29 is 9.59 Å². The van der Waals surface area contributed by atoms with E-state index in [1.54, 1.807) is 11.3 Å². The standard InChI is InChI=1S/C22H22ClN3O2S/c1-13-10-14(2)12-18(11-13)26-21(28)20(27)24-9-8-19-15(3)25-22(29-19)16-4-6-17(23)7-5-16/h4-7,10-12H,8-9H2,1-3H3,(H,24,27)(H,26,28). The second kappa shape index (κ2) is 9.20. The first-order valence-electron chi connectivity index (χ1n) is 9.21. The van der Waals surface area contributed by atoms with Crippen molar-refractivity contribution in [3.05, 3.63) is 69.2 Å². The minimum Gasteiger partial charge on any atom is -0.347 e. The first kappa shape index (κ1) is 21.0. The highest BCUT2D eigenvalue weighted by Crippen LogP contribution is 2.29. The van der Waals surface area contributed by atoms with E-state index >= 15 is 0 Å². The summed E-state index contributed by atoms with van der Waals surface area (Å²) in [6.45, 7) is 6.19. The summed E-state index contributed by atoms with van der Waals surface area (Å²) < 4.78 is 0. The maximum atomic E-state index is 12.1. The van der Waals surface area contributed by atoms with Crippen LogP contribution in [0.25, 0.3) is 10.6 Å². The predicted molar refractivity (Wildman–Crippen MR) is 119 cm³/mol. The van der Waals surface area contributed by atoms with E-state index in [-0.39, 0.29) is 0 Å². The summed E-state index contributed by atoms with van der Waals surface area (Å²) in [7, 11) is 0. The lowest BCUT2D eigenvalue weighted by Crippen LogP contribution is -2.36. The lowest BCUT2D eigenvalue weighted by Gasteiger charge is -2.08. The molecule has 0 unspecified atom stereocenters. The number of benzene rings is 2. The molecule has 150 valence electrons. The summed E-state index contributed by atoms with van der Waals surface area (Å²) in [5, 5.41) is 6.91. The Morgan fingerprint density at radius 3 is 2.31 bits per heavy atom. The van der Waals surface area contributed by atoms with Gasteiger partial charge in [-0.25, -0.2) is 4.98 Å². The smallest absolute Gasteiger partial charge is 0.313 e. The van der Waals surface area contributed by atoms with Gasteiger partial charge in [0.1, 0.15) is 5.01 Å². The first-order chi connectivity index (χ1) is 13.8. The molecule has 2 amide bonds. The fourth-order valence-corrected chi connectivity index (χ4v) is 4.17. The third-order valence-electron chi connectivity index (χ3n) is 4.31. The van der Waals surface area contributed by atoms with Crippen molar-refractivity contribution in [1.82, 2.24) is 10.3 Å². The highest BCUT2D eigenvalue weighted by atomic mass is 35.5. The average Bonchev–Trinajstić information content (AvgIpc) is 3.02. The van der Waals surface area contributed by atoms with Crippen LogP contribution in [0.1, 0.15) is 21.7 Å². The van der Waals surface area contributed by atoms with Crippen molar-refractivity contribution in [2.45, 2.75) is 27.2 Å². The zero-order valence-corrected chi connectivity index (χ0v) is 18.1. The van der Waals surface area contributed by atoms with Gasteiger partial charge in [-0.3, -0.25) is 9.59 Å². The molecule has 1 heterocycles. The highest BCUT2D eigenvalue weighted by molar-refractivity contribution is 7.15. The number of amides is 2. The second-order valence-electron chi connectivity index (χ2n) is 6.87. The minimum atomic E-state index is -0.669. The minimum absolute atomic E-state index is 0.363. The molecule has 0 bridgehead atoms. The van der Waals surface area contributed by atoms with Gasteiger partial charge in [0.15, 0.2) is 0 Å². The molecule has 0 atom stereocenters. The molecule has 0 fully saturated rings. The van der Waals surface area contributed by atoms with Gasteiger partial charge >= 0.3 is 11.8 Å². The molecule has 29 heavy (non-hydrogen) atoms. The summed E-state index contributed by atoms with van der Waals surface area (Å²) in [4.78, 5) is 29.9. The third-order valence-corrected chi connectivity index (χ3v) is 5.83. The monoisotopic (exact) mass is 427 g/mol. The van der Waals surface area contributed by atoms with Gasteiger partial charge in [-0.05, 0) is 56.2 Å². The number of hydrogen-bond acceptors (Lipinski definition) is 4. The Bertz CT molecular complexity index is 1020. The van der Waals surface area contributed by atoms with Crippen LogP contribution in [0.4, 0.5) is 5.69 Å². The van der Waals surface area contributed by atoms with E-state index in [2.05, 4.69) is 15.6 Å². The van der Waals surface area contributed by atoms with Crippen LogP contribution in [0.3, 0.4) is 0 Å². The number of nitrogens with one attached hydrogen (secondary N) is 2. The number of nitrogens with zero attached hydrogens (tertiary/aromatic N) is 1. The Labute approximate surface area is 179 Å². The summed E-state index contributed by atoms with van der Waals surface area (Å²) in [6.07, 6.45) is 0.611. The summed E-state index contributed by atoms with van der Waals surface area (Å²) in [5.74, 6) is -1.32. The maximum absolute atomic E-state index is 12.1. The third kappa shape index (κ3) is 5.65. The zero-order chi connectivity index (χ0) is 21.0. The molecule has 0 aliphatic rings. The summed E-state index contributed by atoms with van der Waals surface area (Å²) in [6, 6.07) is 13.2. The Hall–Kier alpha value is -2.70. The Balaban J connectivity index is 1.54.